The summed E-state index contributed by atoms with van der Waals surface area (Å²) in [5.41, 5.74) is 8.26. The highest BCUT2D eigenvalue weighted by molar-refractivity contribution is 6.30. The molecule has 0 bridgehead atoms. The summed E-state index contributed by atoms with van der Waals surface area (Å²) in [6, 6.07) is 6.94. The van der Waals surface area contributed by atoms with Gasteiger partial charge in [-0.1, -0.05) is 23.7 Å². The summed E-state index contributed by atoms with van der Waals surface area (Å²) in [5, 5.41) is 4.78. The molecule has 1 saturated heterocycles. The van der Waals surface area contributed by atoms with Crippen molar-refractivity contribution in [3.05, 3.63) is 69.4 Å². The van der Waals surface area contributed by atoms with E-state index in [4.69, 9.17) is 26.5 Å². The number of Topliss-reactive ketones (excluding diaryl/α,β-unsaturated/α-hetero) is 1. The van der Waals surface area contributed by atoms with Gasteiger partial charge in [0.05, 0.1) is 30.3 Å². The number of methoxy groups -OCH3 is 1. The average Bonchev–Trinajstić information content (AvgIpc) is 3.53. The quantitative estimate of drug-likeness (QED) is 0.453. The Labute approximate surface area is 225 Å². The minimum absolute atomic E-state index is 0.202. The van der Waals surface area contributed by atoms with Crippen LogP contribution in [0.1, 0.15) is 63.5 Å². The molecule has 0 radical (unpaired) electrons. The van der Waals surface area contributed by atoms with Crippen molar-refractivity contribution in [2.75, 3.05) is 7.11 Å². The first-order valence-corrected chi connectivity index (χ1v) is 13.0. The molecule has 0 spiro atoms. The predicted octanol–water partition coefficient (Wildman–Crippen LogP) is 4.03. The Morgan fingerprint density at radius 1 is 1.13 bits per heavy atom. The maximum Gasteiger partial charge on any atom is 0.240 e. The number of hydrogen-bond acceptors (Lipinski definition) is 6. The fraction of sp³-hybridized carbons (Fsp3) is 0.429. The van der Waals surface area contributed by atoms with Crippen molar-refractivity contribution in [3.8, 4) is 5.75 Å². The number of ether oxygens (including phenoxy) is 1. The number of hydrogen-bond donors (Lipinski definition) is 1. The van der Waals surface area contributed by atoms with Crippen molar-refractivity contribution >= 4 is 29.2 Å². The van der Waals surface area contributed by atoms with Crippen molar-refractivity contribution in [2.45, 2.75) is 51.6 Å². The van der Waals surface area contributed by atoms with Gasteiger partial charge in [0, 0.05) is 24.4 Å². The largest absolute Gasteiger partial charge is 0.497 e. The smallest absolute Gasteiger partial charge is 0.240 e. The molecule has 38 heavy (non-hydrogen) atoms. The number of aryl methyl sites for hydroxylation is 4. The van der Waals surface area contributed by atoms with Gasteiger partial charge in [-0.05, 0) is 57.4 Å². The van der Waals surface area contributed by atoms with E-state index in [1.165, 1.54) is 9.58 Å². The molecule has 4 atom stereocenters. The first kappa shape index (κ1) is 26.0. The number of nitrogens with zero attached hydrogens (tertiary/aromatic N) is 3. The minimum Gasteiger partial charge on any atom is -0.497 e. The minimum atomic E-state index is -1.07. The van der Waals surface area contributed by atoms with Gasteiger partial charge in [-0.25, -0.2) is 0 Å². The lowest BCUT2D eigenvalue weighted by atomic mass is 9.76. The molecule has 1 aliphatic heterocycles. The van der Waals surface area contributed by atoms with Gasteiger partial charge in [0.1, 0.15) is 28.5 Å². The van der Waals surface area contributed by atoms with E-state index in [9.17, 15) is 14.4 Å². The van der Waals surface area contributed by atoms with Crippen molar-refractivity contribution in [1.82, 2.24) is 14.7 Å². The molecule has 2 aliphatic rings. The fourth-order valence-corrected chi connectivity index (χ4v) is 6.21. The van der Waals surface area contributed by atoms with E-state index in [-0.39, 0.29) is 17.6 Å². The van der Waals surface area contributed by atoms with E-state index in [0.717, 1.165) is 12.8 Å². The second-order valence-corrected chi connectivity index (χ2v) is 10.6. The van der Waals surface area contributed by atoms with Gasteiger partial charge in [-0.2, -0.15) is 5.10 Å². The summed E-state index contributed by atoms with van der Waals surface area (Å²) in [6.07, 6.45) is 1.44. The van der Waals surface area contributed by atoms with Gasteiger partial charge < -0.3 is 19.8 Å². The molecular weight excluding hydrogens is 508 g/mol. The third-order valence-corrected chi connectivity index (χ3v) is 8.19. The van der Waals surface area contributed by atoms with Gasteiger partial charge in [-0.3, -0.25) is 19.1 Å². The number of likely N-dealkylation sites (tertiary alicyclic amines) is 1. The third-order valence-electron chi connectivity index (χ3n) is 7.74. The first-order valence-electron chi connectivity index (χ1n) is 12.6. The molecule has 1 aromatic carbocycles. The van der Waals surface area contributed by atoms with Gasteiger partial charge in [0.15, 0.2) is 5.78 Å². The van der Waals surface area contributed by atoms with Crippen molar-refractivity contribution in [1.29, 1.82) is 0 Å². The molecule has 3 aromatic rings. The van der Waals surface area contributed by atoms with E-state index in [1.807, 2.05) is 12.1 Å². The number of furan rings is 1. The molecule has 5 rings (SSSR count). The number of carbonyl (C=O) groups is 3. The van der Waals surface area contributed by atoms with Crippen LogP contribution >= 0.6 is 11.6 Å². The Balaban J connectivity index is 1.79. The van der Waals surface area contributed by atoms with Gasteiger partial charge in [0.2, 0.25) is 11.8 Å². The maximum absolute atomic E-state index is 14.5. The summed E-state index contributed by atoms with van der Waals surface area (Å²) in [6.45, 7) is 5.29. The number of ketones is 1. The standard InChI is InChI=1S/C28H31ClN4O5/c1-13-12-19(15(3)38-13)25(34)22-21(16-8-10-18(37-5)11-9-16)24(27(30)35)33(28(36)17-6-7-17)23(22)20-14(2)31-32(4)26(20)29/h8-12,17,21-24H,6-7H2,1-5H3,(H2,30,35). The zero-order valence-electron chi connectivity index (χ0n) is 22.0. The summed E-state index contributed by atoms with van der Waals surface area (Å²) in [4.78, 5) is 43.1. The molecule has 2 fully saturated rings. The van der Waals surface area contributed by atoms with E-state index < -0.39 is 29.8 Å². The number of nitrogens with two attached hydrogens (primary N) is 1. The summed E-state index contributed by atoms with van der Waals surface area (Å²) in [7, 11) is 3.26. The molecule has 200 valence electrons. The fourth-order valence-electron chi connectivity index (χ4n) is 5.92. The van der Waals surface area contributed by atoms with Crippen LogP contribution < -0.4 is 10.5 Å². The van der Waals surface area contributed by atoms with Crippen LogP contribution in [0, 0.1) is 32.6 Å². The topological polar surface area (TPSA) is 121 Å². The average molecular weight is 539 g/mol. The van der Waals surface area contributed by atoms with Crippen LogP contribution in [0.4, 0.5) is 0 Å². The SMILES string of the molecule is COc1ccc(C2C(C(=O)c3cc(C)oc3C)C(c3c(C)nn(C)c3Cl)N(C(=O)C3CC3)C2C(N)=O)cc1. The predicted molar refractivity (Wildman–Crippen MR) is 140 cm³/mol. The van der Waals surface area contributed by atoms with Crippen LogP contribution in [0.5, 0.6) is 5.75 Å². The monoisotopic (exact) mass is 538 g/mol. The third kappa shape index (κ3) is 4.18. The molecule has 1 aliphatic carbocycles. The van der Waals surface area contributed by atoms with Crippen LogP contribution in [0.25, 0.3) is 0 Å². The van der Waals surface area contributed by atoms with Crippen molar-refractivity contribution in [3.63, 3.8) is 0 Å². The molecular formula is C28H31ClN4O5. The number of rotatable bonds is 7. The molecule has 9 nitrogen and oxygen atoms in total. The second kappa shape index (κ2) is 9.62. The summed E-state index contributed by atoms with van der Waals surface area (Å²) in [5.74, 6) is -1.28. The summed E-state index contributed by atoms with van der Waals surface area (Å²) < 4.78 is 12.5. The Morgan fingerprint density at radius 2 is 1.79 bits per heavy atom. The van der Waals surface area contributed by atoms with Gasteiger partial charge in [0.25, 0.3) is 0 Å². The van der Waals surface area contributed by atoms with Crippen LogP contribution in [0.2, 0.25) is 5.15 Å². The number of carbonyl (C=O) groups excluding carboxylic acids is 3. The molecule has 2 amide bonds. The normalized spacial score (nSPS) is 23.1. The number of halogens is 1. The van der Waals surface area contributed by atoms with E-state index in [0.29, 0.717) is 44.8 Å². The molecule has 3 heterocycles. The zero-order chi connectivity index (χ0) is 27.5. The molecule has 4 unspecified atom stereocenters. The Kier molecular flexibility index (Phi) is 6.59. The molecule has 2 N–H and O–H groups in total. The molecule has 2 aromatic heterocycles. The van der Waals surface area contributed by atoms with Crippen molar-refractivity contribution in [2.24, 2.45) is 24.6 Å². The number of aromatic nitrogens is 2. The number of benzene rings is 1. The molecule has 10 heteroatoms. The van der Waals surface area contributed by atoms with E-state index in [1.54, 1.807) is 53.1 Å². The van der Waals surface area contributed by atoms with Crippen LogP contribution in [-0.2, 0) is 16.6 Å². The summed E-state index contributed by atoms with van der Waals surface area (Å²) >= 11 is 6.77. The highest BCUT2D eigenvalue weighted by Crippen LogP contribution is 2.54. The lowest BCUT2D eigenvalue weighted by Crippen LogP contribution is -2.47. The maximum atomic E-state index is 14.5. The lowest BCUT2D eigenvalue weighted by Gasteiger charge is -2.31. The van der Waals surface area contributed by atoms with Crippen molar-refractivity contribution < 1.29 is 23.5 Å². The highest BCUT2D eigenvalue weighted by atomic mass is 35.5. The Hall–Kier alpha value is -3.59. The van der Waals surface area contributed by atoms with E-state index in [2.05, 4.69) is 5.10 Å². The Morgan fingerprint density at radius 3 is 2.26 bits per heavy atom. The van der Waals surface area contributed by atoms with Crippen LogP contribution in [0.15, 0.2) is 34.7 Å². The van der Waals surface area contributed by atoms with Crippen LogP contribution in [-0.4, -0.2) is 45.4 Å². The zero-order valence-corrected chi connectivity index (χ0v) is 22.8. The number of primary amides is 1. The second-order valence-electron chi connectivity index (χ2n) is 10.2. The van der Waals surface area contributed by atoms with E-state index >= 15 is 0 Å². The first-order chi connectivity index (χ1) is 18.0. The van der Waals surface area contributed by atoms with Gasteiger partial charge >= 0.3 is 0 Å². The molecule has 1 saturated carbocycles. The van der Waals surface area contributed by atoms with Gasteiger partial charge in [-0.15, -0.1) is 0 Å². The lowest BCUT2D eigenvalue weighted by molar-refractivity contribution is -0.140. The Bertz CT molecular complexity index is 1420. The number of amides is 2. The van der Waals surface area contributed by atoms with Crippen LogP contribution in [0.3, 0.4) is 0 Å². The highest BCUT2D eigenvalue weighted by Gasteiger charge is 2.59.